The maximum absolute atomic E-state index is 12.6. The van der Waals surface area contributed by atoms with E-state index in [1.807, 2.05) is 0 Å². The summed E-state index contributed by atoms with van der Waals surface area (Å²) in [6.45, 7) is 1.86. The van der Waals surface area contributed by atoms with Crippen molar-refractivity contribution in [3.8, 4) is 0 Å². The molecule has 1 saturated heterocycles. The van der Waals surface area contributed by atoms with Crippen LogP contribution in [-0.4, -0.2) is 29.9 Å². The van der Waals surface area contributed by atoms with Crippen molar-refractivity contribution >= 4 is 5.91 Å². The Balaban J connectivity index is 1.52. The van der Waals surface area contributed by atoms with Crippen LogP contribution in [0.4, 0.5) is 0 Å². The molecule has 1 aliphatic carbocycles. The Kier molecular flexibility index (Phi) is 5.14. The molecule has 3 atom stereocenters. The second kappa shape index (κ2) is 7.28. The van der Waals surface area contributed by atoms with E-state index in [9.17, 15) is 4.79 Å². The molecule has 1 heterocycles. The van der Waals surface area contributed by atoms with Gasteiger partial charge >= 0.3 is 0 Å². The zero-order valence-electron chi connectivity index (χ0n) is 13.4. The summed E-state index contributed by atoms with van der Waals surface area (Å²) in [6.07, 6.45) is 7.55. The topological polar surface area (TPSA) is 46.3 Å². The molecule has 2 N–H and O–H groups in total. The molecule has 0 radical (unpaired) electrons. The summed E-state index contributed by atoms with van der Waals surface area (Å²) >= 11 is 0. The van der Waals surface area contributed by atoms with Crippen molar-refractivity contribution in [3.05, 3.63) is 35.9 Å². The van der Waals surface area contributed by atoms with Crippen LogP contribution < -0.4 is 5.73 Å². The van der Waals surface area contributed by atoms with Crippen molar-refractivity contribution in [2.45, 2.75) is 51.0 Å². The highest BCUT2D eigenvalue weighted by molar-refractivity contribution is 5.76. The third-order valence-electron chi connectivity index (χ3n) is 5.39. The number of likely N-dealkylation sites (tertiary alicyclic amines) is 1. The molecule has 0 spiro atoms. The highest BCUT2D eigenvalue weighted by atomic mass is 16.2. The normalized spacial score (nSPS) is 28.8. The van der Waals surface area contributed by atoms with Gasteiger partial charge in [0.1, 0.15) is 0 Å². The van der Waals surface area contributed by atoms with Gasteiger partial charge in [-0.15, -0.1) is 0 Å². The fraction of sp³-hybridized carbons (Fsp3) is 0.632. The molecular formula is C19H28N2O. The number of hydrogen-bond donors (Lipinski definition) is 1. The van der Waals surface area contributed by atoms with Crippen molar-refractivity contribution < 1.29 is 4.79 Å². The minimum atomic E-state index is 0.244. The van der Waals surface area contributed by atoms with Crippen LogP contribution in [-0.2, 0) is 11.2 Å². The fourth-order valence-electron chi connectivity index (χ4n) is 4.08. The monoisotopic (exact) mass is 300 g/mol. The van der Waals surface area contributed by atoms with Crippen LogP contribution in [0.3, 0.4) is 0 Å². The van der Waals surface area contributed by atoms with Gasteiger partial charge in [-0.2, -0.15) is 0 Å². The first-order valence-corrected chi connectivity index (χ1v) is 8.79. The van der Waals surface area contributed by atoms with E-state index in [1.165, 1.54) is 18.4 Å². The van der Waals surface area contributed by atoms with Crippen LogP contribution in [0.15, 0.2) is 30.3 Å². The average Bonchev–Trinajstić information content (AvgIpc) is 2.94. The average molecular weight is 300 g/mol. The third-order valence-corrected chi connectivity index (χ3v) is 5.39. The zero-order chi connectivity index (χ0) is 15.4. The number of nitrogens with two attached hydrogens (primary N) is 1. The number of amides is 1. The smallest absolute Gasteiger partial charge is 0.222 e. The van der Waals surface area contributed by atoms with Gasteiger partial charge in [0, 0.05) is 25.6 Å². The SMILES string of the molecule is N[C@@H]1CCC[C@H]1CC(=O)N1CCCC(Cc2ccccc2)C1. The van der Waals surface area contributed by atoms with E-state index in [0.29, 0.717) is 24.2 Å². The number of benzene rings is 1. The summed E-state index contributed by atoms with van der Waals surface area (Å²) in [4.78, 5) is 14.7. The molecule has 1 unspecified atom stereocenters. The molecule has 22 heavy (non-hydrogen) atoms. The molecule has 3 heteroatoms. The Hall–Kier alpha value is -1.35. The number of carbonyl (C=O) groups is 1. The predicted octanol–water partition coefficient (Wildman–Crippen LogP) is 2.99. The van der Waals surface area contributed by atoms with Gasteiger partial charge in [0.2, 0.25) is 5.91 Å². The third kappa shape index (κ3) is 3.89. The van der Waals surface area contributed by atoms with Gasteiger partial charge in [-0.3, -0.25) is 4.79 Å². The van der Waals surface area contributed by atoms with E-state index in [4.69, 9.17) is 5.73 Å². The maximum Gasteiger partial charge on any atom is 0.222 e. The van der Waals surface area contributed by atoms with Gasteiger partial charge in [0.15, 0.2) is 0 Å². The Bertz CT molecular complexity index is 487. The molecule has 3 nitrogen and oxygen atoms in total. The number of piperidine rings is 1. The largest absolute Gasteiger partial charge is 0.342 e. The summed E-state index contributed by atoms with van der Waals surface area (Å²) in [5.74, 6) is 1.36. The number of hydrogen-bond acceptors (Lipinski definition) is 2. The van der Waals surface area contributed by atoms with Crippen molar-refractivity contribution in [2.24, 2.45) is 17.6 Å². The van der Waals surface area contributed by atoms with Crippen LogP contribution in [0.2, 0.25) is 0 Å². The van der Waals surface area contributed by atoms with Gasteiger partial charge in [-0.1, -0.05) is 36.8 Å². The second-order valence-corrected chi connectivity index (χ2v) is 7.10. The molecule has 120 valence electrons. The van der Waals surface area contributed by atoms with Crippen LogP contribution in [0.25, 0.3) is 0 Å². The van der Waals surface area contributed by atoms with Gasteiger partial charge in [0.05, 0.1) is 0 Å². The first-order valence-electron chi connectivity index (χ1n) is 8.79. The zero-order valence-corrected chi connectivity index (χ0v) is 13.4. The minimum absolute atomic E-state index is 0.244. The molecule has 3 rings (SSSR count). The Morgan fingerprint density at radius 2 is 1.95 bits per heavy atom. The van der Waals surface area contributed by atoms with Gasteiger partial charge in [-0.25, -0.2) is 0 Å². The summed E-state index contributed by atoms with van der Waals surface area (Å²) in [5.41, 5.74) is 7.50. The minimum Gasteiger partial charge on any atom is -0.342 e. The van der Waals surface area contributed by atoms with Crippen LogP contribution in [0.1, 0.15) is 44.1 Å². The van der Waals surface area contributed by atoms with Crippen molar-refractivity contribution in [1.29, 1.82) is 0 Å². The van der Waals surface area contributed by atoms with E-state index in [2.05, 4.69) is 35.2 Å². The second-order valence-electron chi connectivity index (χ2n) is 7.10. The predicted molar refractivity (Wildman–Crippen MR) is 89.4 cm³/mol. The standard InChI is InChI=1S/C19H28N2O/c20-18-10-4-9-17(18)13-19(22)21-11-5-8-16(14-21)12-15-6-2-1-3-7-15/h1-3,6-7,16-18H,4-5,8-14,20H2/t16?,17-,18+/m0/s1. The van der Waals surface area contributed by atoms with E-state index < -0.39 is 0 Å². The molecule has 1 saturated carbocycles. The summed E-state index contributed by atoms with van der Waals surface area (Å²) in [5, 5.41) is 0. The van der Waals surface area contributed by atoms with Gasteiger partial charge in [0.25, 0.3) is 0 Å². The highest BCUT2D eigenvalue weighted by Gasteiger charge is 2.30. The lowest BCUT2D eigenvalue weighted by atomic mass is 9.90. The lowest BCUT2D eigenvalue weighted by Crippen LogP contribution is -2.42. The molecule has 0 bridgehead atoms. The molecular weight excluding hydrogens is 272 g/mol. The van der Waals surface area contributed by atoms with Gasteiger partial charge in [-0.05, 0) is 49.5 Å². The van der Waals surface area contributed by atoms with E-state index >= 15 is 0 Å². The van der Waals surface area contributed by atoms with E-state index in [-0.39, 0.29) is 6.04 Å². The molecule has 1 aromatic carbocycles. The molecule has 0 aromatic heterocycles. The van der Waals surface area contributed by atoms with E-state index in [0.717, 1.165) is 38.8 Å². The van der Waals surface area contributed by atoms with Crippen LogP contribution in [0, 0.1) is 11.8 Å². The lowest BCUT2D eigenvalue weighted by Gasteiger charge is -2.34. The molecule has 1 aromatic rings. The van der Waals surface area contributed by atoms with Gasteiger partial charge < -0.3 is 10.6 Å². The molecule has 1 aliphatic heterocycles. The summed E-state index contributed by atoms with van der Waals surface area (Å²) in [7, 11) is 0. The summed E-state index contributed by atoms with van der Waals surface area (Å²) < 4.78 is 0. The quantitative estimate of drug-likeness (QED) is 0.929. The first kappa shape index (κ1) is 15.5. The number of rotatable bonds is 4. The molecule has 2 fully saturated rings. The fourth-order valence-corrected chi connectivity index (χ4v) is 4.08. The van der Waals surface area contributed by atoms with Crippen molar-refractivity contribution in [2.75, 3.05) is 13.1 Å². The number of nitrogens with zero attached hydrogens (tertiary/aromatic N) is 1. The van der Waals surface area contributed by atoms with Crippen LogP contribution >= 0.6 is 0 Å². The molecule has 1 amide bonds. The Labute approximate surface area is 133 Å². The Morgan fingerprint density at radius 3 is 2.68 bits per heavy atom. The van der Waals surface area contributed by atoms with E-state index in [1.54, 1.807) is 0 Å². The maximum atomic E-state index is 12.6. The lowest BCUT2D eigenvalue weighted by molar-refractivity contribution is -0.134. The number of carbonyl (C=O) groups excluding carboxylic acids is 1. The Morgan fingerprint density at radius 1 is 1.14 bits per heavy atom. The van der Waals surface area contributed by atoms with Crippen molar-refractivity contribution in [1.82, 2.24) is 4.90 Å². The summed E-state index contributed by atoms with van der Waals surface area (Å²) in [6, 6.07) is 10.9. The first-order chi connectivity index (χ1) is 10.7. The highest BCUT2D eigenvalue weighted by Crippen LogP contribution is 2.28. The van der Waals surface area contributed by atoms with Crippen LogP contribution in [0.5, 0.6) is 0 Å². The van der Waals surface area contributed by atoms with Crippen molar-refractivity contribution in [3.63, 3.8) is 0 Å². The molecule has 2 aliphatic rings.